The molecule has 0 unspecified atom stereocenters. The highest BCUT2D eigenvalue weighted by Crippen LogP contribution is 2.39. The number of carbonyl (C=O) groups excluding carboxylic acids is 2. The number of thiophene rings is 1. The largest absolute Gasteiger partial charge is 0.480 e. The molecule has 1 fully saturated rings. The van der Waals surface area contributed by atoms with Crippen molar-refractivity contribution in [2.75, 3.05) is 12.4 Å². The fourth-order valence-electron chi connectivity index (χ4n) is 2.83. The second-order valence-corrected chi connectivity index (χ2v) is 6.54. The third kappa shape index (κ3) is 3.16. The lowest BCUT2D eigenvalue weighted by molar-refractivity contribution is -0.138. The van der Waals surface area contributed by atoms with Crippen LogP contribution < -0.4 is 5.32 Å². The molecule has 0 aromatic carbocycles. The Kier molecular flexibility index (Phi) is 4.34. The number of hydrogen-bond donors (Lipinski definition) is 2. The standard InChI is InChI=1S/C15H16N4O4S/c1-18-12(20)7-9(14(18)10-3-2-6-24-10)15(23)16-11-4-5-19(17-11)8-13(21)22/h2-6,9,14H,7-8H2,1H3,(H,21,22)(H,16,17,23)/t9-,14+/m0/s1. The van der Waals surface area contributed by atoms with E-state index in [4.69, 9.17) is 5.11 Å². The van der Waals surface area contributed by atoms with Crippen LogP contribution in [0.15, 0.2) is 29.8 Å². The van der Waals surface area contributed by atoms with Crippen molar-refractivity contribution in [1.29, 1.82) is 0 Å². The number of carboxylic acids is 1. The maximum atomic E-state index is 12.6. The van der Waals surface area contributed by atoms with Gasteiger partial charge in [-0.05, 0) is 11.4 Å². The van der Waals surface area contributed by atoms with Crippen LogP contribution in [0.1, 0.15) is 17.3 Å². The minimum Gasteiger partial charge on any atom is -0.480 e. The van der Waals surface area contributed by atoms with Crippen LogP contribution in [0, 0.1) is 5.92 Å². The zero-order chi connectivity index (χ0) is 17.3. The molecule has 0 spiro atoms. The SMILES string of the molecule is CN1C(=O)C[C@H](C(=O)Nc2ccn(CC(=O)O)n2)[C@@H]1c1cccs1. The summed E-state index contributed by atoms with van der Waals surface area (Å²) in [6.07, 6.45) is 1.62. The number of nitrogens with zero attached hydrogens (tertiary/aromatic N) is 3. The maximum absolute atomic E-state index is 12.6. The Hall–Kier alpha value is -2.68. The van der Waals surface area contributed by atoms with E-state index in [0.29, 0.717) is 0 Å². The molecule has 1 aliphatic heterocycles. The predicted molar refractivity (Wildman–Crippen MR) is 86.4 cm³/mol. The zero-order valence-electron chi connectivity index (χ0n) is 12.9. The van der Waals surface area contributed by atoms with Gasteiger partial charge in [-0.2, -0.15) is 5.10 Å². The molecule has 126 valence electrons. The lowest BCUT2D eigenvalue weighted by Gasteiger charge is -2.23. The summed E-state index contributed by atoms with van der Waals surface area (Å²) in [5.41, 5.74) is 0. The van der Waals surface area contributed by atoms with Crippen LogP contribution >= 0.6 is 11.3 Å². The molecular formula is C15H16N4O4S. The summed E-state index contributed by atoms with van der Waals surface area (Å²) in [4.78, 5) is 37.9. The Morgan fingerprint density at radius 3 is 2.92 bits per heavy atom. The molecule has 2 N–H and O–H groups in total. The van der Waals surface area contributed by atoms with E-state index in [1.807, 2.05) is 17.5 Å². The average Bonchev–Trinajstić information content (AvgIpc) is 3.22. The lowest BCUT2D eigenvalue weighted by atomic mass is 9.98. The maximum Gasteiger partial charge on any atom is 0.325 e. The first-order valence-corrected chi connectivity index (χ1v) is 8.19. The Morgan fingerprint density at radius 1 is 1.46 bits per heavy atom. The minimum atomic E-state index is -1.02. The van der Waals surface area contributed by atoms with Gasteiger partial charge >= 0.3 is 5.97 Å². The van der Waals surface area contributed by atoms with Gasteiger partial charge in [0.2, 0.25) is 11.8 Å². The molecule has 0 saturated carbocycles. The Balaban J connectivity index is 1.75. The molecule has 1 aliphatic rings. The number of aliphatic carboxylic acids is 1. The van der Waals surface area contributed by atoms with Crippen LogP contribution in [0.25, 0.3) is 0 Å². The number of likely N-dealkylation sites (tertiary alicyclic amines) is 1. The van der Waals surface area contributed by atoms with Crippen LogP contribution in [0.2, 0.25) is 0 Å². The summed E-state index contributed by atoms with van der Waals surface area (Å²) < 4.78 is 1.22. The summed E-state index contributed by atoms with van der Waals surface area (Å²) >= 11 is 1.51. The third-order valence-electron chi connectivity index (χ3n) is 3.95. The smallest absolute Gasteiger partial charge is 0.325 e. The van der Waals surface area contributed by atoms with Gasteiger partial charge < -0.3 is 15.3 Å². The molecule has 8 nitrogen and oxygen atoms in total. The van der Waals surface area contributed by atoms with Gasteiger partial charge in [0.15, 0.2) is 5.82 Å². The van der Waals surface area contributed by atoms with Gasteiger partial charge in [-0.25, -0.2) is 0 Å². The molecule has 24 heavy (non-hydrogen) atoms. The summed E-state index contributed by atoms with van der Waals surface area (Å²) in [6, 6.07) is 5.03. The minimum absolute atomic E-state index is 0.0787. The number of rotatable bonds is 5. The summed E-state index contributed by atoms with van der Waals surface area (Å²) in [6.45, 7) is -0.279. The van der Waals surface area contributed by atoms with Gasteiger partial charge in [-0.1, -0.05) is 6.07 Å². The lowest BCUT2D eigenvalue weighted by Crippen LogP contribution is -2.29. The molecule has 3 heterocycles. The molecular weight excluding hydrogens is 332 g/mol. The molecule has 0 radical (unpaired) electrons. The van der Waals surface area contributed by atoms with Gasteiger partial charge in [-0.3, -0.25) is 19.1 Å². The van der Waals surface area contributed by atoms with Crippen molar-refractivity contribution in [1.82, 2.24) is 14.7 Å². The Bertz CT molecular complexity index is 770. The topological polar surface area (TPSA) is 105 Å². The quantitative estimate of drug-likeness (QED) is 0.844. The molecule has 9 heteroatoms. The monoisotopic (exact) mass is 348 g/mol. The Labute approximate surface area is 141 Å². The van der Waals surface area contributed by atoms with Crippen LogP contribution in [0.4, 0.5) is 5.82 Å². The number of anilines is 1. The van der Waals surface area contributed by atoms with E-state index < -0.39 is 11.9 Å². The van der Waals surface area contributed by atoms with E-state index in [1.54, 1.807) is 11.9 Å². The molecule has 2 aromatic rings. The van der Waals surface area contributed by atoms with Gasteiger partial charge in [-0.15, -0.1) is 11.3 Å². The second kappa shape index (κ2) is 6.44. The number of hydrogen-bond acceptors (Lipinski definition) is 5. The summed E-state index contributed by atoms with van der Waals surface area (Å²) in [5.74, 6) is -1.63. The highest BCUT2D eigenvalue weighted by atomic mass is 32.1. The number of nitrogens with one attached hydrogen (secondary N) is 1. The van der Waals surface area contributed by atoms with Crippen molar-refractivity contribution < 1.29 is 19.5 Å². The fraction of sp³-hybridized carbons (Fsp3) is 0.333. The molecule has 1 saturated heterocycles. The van der Waals surface area contributed by atoms with E-state index in [-0.39, 0.29) is 36.6 Å². The van der Waals surface area contributed by atoms with Crippen molar-refractivity contribution in [2.24, 2.45) is 5.92 Å². The van der Waals surface area contributed by atoms with E-state index in [9.17, 15) is 14.4 Å². The van der Waals surface area contributed by atoms with Crippen molar-refractivity contribution in [3.63, 3.8) is 0 Å². The number of carbonyl (C=O) groups is 3. The molecule has 2 atom stereocenters. The molecule has 0 bridgehead atoms. The highest BCUT2D eigenvalue weighted by Gasteiger charge is 2.43. The van der Waals surface area contributed by atoms with E-state index in [0.717, 1.165) is 4.88 Å². The zero-order valence-corrected chi connectivity index (χ0v) is 13.7. The third-order valence-corrected chi connectivity index (χ3v) is 4.89. The van der Waals surface area contributed by atoms with Gasteiger partial charge in [0.1, 0.15) is 6.54 Å². The number of amides is 2. The number of aromatic nitrogens is 2. The molecule has 2 amide bonds. The summed E-state index contributed by atoms with van der Waals surface area (Å²) in [7, 11) is 1.70. The highest BCUT2D eigenvalue weighted by molar-refractivity contribution is 7.10. The van der Waals surface area contributed by atoms with Crippen molar-refractivity contribution >= 4 is 34.9 Å². The fourth-order valence-corrected chi connectivity index (χ4v) is 3.76. The second-order valence-electron chi connectivity index (χ2n) is 5.56. The van der Waals surface area contributed by atoms with Crippen LogP contribution in [-0.4, -0.2) is 44.6 Å². The molecule has 3 rings (SSSR count). The first kappa shape index (κ1) is 16.2. The van der Waals surface area contributed by atoms with Crippen LogP contribution in [0.3, 0.4) is 0 Å². The van der Waals surface area contributed by atoms with Crippen molar-refractivity contribution in [2.45, 2.75) is 19.0 Å². The molecule has 2 aromatic heterocycles. The first-order valence-electron chi connectivity index (χ1n) is 7.31. The Morgan fingerprint density at radius 2 is 2.25 bits per heavy atom. The van der Waals surface area contributed by atoms with Gasteiger partial charge in [0.25, 0.3) is 0 Å². The van der Waals surface area contributed by atoms with E-state index in [2.05, 4.69) is 10.4 Å². The van der Waals surface area contributed by atoms with Crippen LogP contribution in [-0.2, 0) is 20.9 Å². The van der Waals surface area contributed by atoms with Crippen molar-refractivity contribution in [3.05, 3.63) is 34.7 Å². The normalized spacial score (nSPS) is 20.4. The summed E-state index contributed by atoms with van der Waals surface area (Å²) in [5, 5.41) is 17.3. The van der Waals surface area contributed by atoms with Crippen molar-refractivity contribution in [3.8, 4) is 0 Å². The number of carboxylic acid groups (broad SMARTS) is 1. The van der Waals surface area contributed by atoms with Gasteiger partial charge in [0.05, 0.1) is 12.0 Å². The van der Waals surface area contributed by atoms with E-state index in [1.165, 1.54) is 28.3 Å². The predicted octanol–water partition coefficient (Wildman–Crippen LogP) is 1.19. The van der Waals surface area contributed by atoms with Gasteiger partial charge in [0, 0.05) is 30.6 Å². The van der Waals surface area contributed by atoms with E-state index >= 15 is 0 Å². The first-order chi connectivity index (χ1) is 11.5. The van der Waals surface area contributed by atoms with Crippen LogP contribution in [0.5, 0.6) is 0 Å². The average molecular weight is 348 g/mol. The molecule has 0 aliphatic carbocycles.